The van der Waals surface area contributed by atoms with Crippen LogP contribution in [0.5, 0.6) is 0 Å². The zero-order chi connectivity index (χ0) is 34.1. The van der Waals surface area contributed by atoms with Crippen LogP contribution in [0.3, 0.4) is 0 Å². The van der Waals surface area contributed by atoms with E-state index in [0.29, 0.717) is 18.7 Å². The Morgan fingerprint density at radius 1 is 0.979 bits per heavy atom. The van der Waals surface area contributed by atoms with E-state index in [1.165, 1.54) is 16.3 Å². The second-order valence-corrected chi connectivity index (χ2v) is 18.4. The number of thiazole rings is 1. The smallest absolute Gasteiger partial charge is 0.272 e. The summed E-state index contributed by atoms with van der Waals surface area (Å²) in [7, 11) is 0.0558. The normalized spacial score (nSPS) is 17.1. The predicted molar refractivity (Wildman–Crippen MR) is 185 cm³/mol. The van der Waals surface area contributed by atoms with Crippen molar-refractivity contribution in [3.63, 3.8) is 0 Å². The second-order valence-electron chi connectivity index (χ2n) is 13.2. The molecule has 3 aromatic carbocycles. The van der Waals surface area contributed by atoms with Gasteiger partial charge >= 0.3 is 0 Å². The lowest BCUT2D eigenvalue weighted by molar-refractivity contribution is -0.00554. The maximum absolute atomic E-state index is 16.4. The summed E-state index contributed by atoms with van der Waals surface area (Å²) in [4.78, 5) is 33.5. The van der Waals surface area contributed by atoms with Crippen LogP contribution in [0.2, 0.25) is 5.04 Å². The number of amides is 1. The van der Waals surface area contributed by atoms with Crippen molar-refractivity contribution in [2.24, 2.45) is 0 Å². The van der Waals surface area contributed by atoms with Gasteiger partial charge in [-0.25, -0.2) is 13.8 Å². The Balaban J connectivity index is 1.66. The number of morpholine rings is 1. The number of anilines is 1. The molecule has 1 amide bonds. The molecule has 5 rings (SSSR count). The summed E-state index contributed by atoms with van der Waals surface area (Å²) in [5.41, 5.74) is 0.0107. The summed E-state index contributed by atoms with van der Waals surface area (Å²) >= 11 is 0.918. The van der Waals surface area contributed by atoms with E-state index in [2.05, 4.69) is 50.0 Å². The Labute approximate surface area is 280 Å². The molecule has 47 heavy (non-hydrogen) atoms. The van der Waals surface area contributed by atoms with Gasteiger partial charge in [0.15, 0.2) is 16.6 Å². The Morgan fingerprint density at radius 2 is 1.53 bits per heavy atom. The van der Waals surface area contributed by atoms with E-state index >= 15 is 8.78 Å². The van der Waals surface area contributed by atoms with Crippen LogP contribution in [0.4, 0.5) is 14.5 Å². The fraction of sp³-hybridized carbons (Fsp3) is 0.361. The van der Waals surface area contributed by atoms with Crippen molar-refractivity contribution in [2.45, 2.75) is 58.5 Å². The molecule has 4 aromatic rings. The molecule has 0 saturated carbocycles. The van der Waals surface area contributed by atoms with E-state index in [0.717, 1.165) is 21.7 Å². The van der Waals surface area contributed by atoms with Gasteiger partial charge < -0.3 is 19.0 Å². The number of halogens is 2. The average molecular weight is 678 g/mol. The number of ether oxygens (including phenoxy) is 1. The Kier molecular flexibility index (Phi) is 10.1. The van der Waals surface area contributed by atoms with Crippen LogP contribution in [-0.2, 0) is 15.8 Å². The molecule has 2 atom stereocenters. The van der Waals surface area contributed by atoms with Crippen molar-refractivity contribution in [1.82, 2.24) is 9.88 Å². The number of aromatic nitrogens is 1. The number of hydrogen-bond acceptors (Lipinski definition) is 7. The van der Waals surface area contributed by atoms with Gasteiger partial charge in [-0.3, -0.25) is 9.59 Å². The lowest BCUT2D eigenvalue weighted by Gasteiger charge is -2.43. The Bertz CT molecular complexity index is 1690. The fourth-order valence-corrected chi connectivity index (χ4v) is 11.7. The van der Waals surface area contributed by atoms with Crippen LogP contribution in [-0.4, -0.2) is 69.3 Å². The third-order valence-corrected chi connectivity index (χ3v) is 14.2. The maximum Gasteiger partial charge on any atom is 0.272 e. The van der Waals surface area contributed by atoms with Crippen LogP contribution >= 0.6 is 11.3 Å². The van der Waals surface area contributed by atoms with Gasteiger partial charge in [0.25, 0.3) is 14.2 Å². The molecule has 1 saturated heterocycles. The van der Waals surface area contributed by atoms with Gasteiger partial charge in [0, 0.05) is 38.1 Å². The van der Waals surface area contributed by atoms with E-state index in [9.17, 15) is 9.59 Å². The Morgan fingerprint density at radius 3 is 2.04 bits per heavy atom. The van der Waals surface area contributed by atoms with Gasteiger partial charge in [0.2, 0.25) is 5.78 Å². The second kappa shape index (κ2) is 13.8. The van der Waals surface area contributed by atoms with E-state index in [4.69, 9.17) is 9.16 Å². The number of carbonyl (C=O) groups excluding carboxylic acids is 2. The maximum atomic E-state index is 16.4. The topological polar surface area (TPSA) is 72.0 Å². The van der Waals surface area contributed by atoms with E-state index < -0.39 is 37.2 Å². The highest BCUT2D eigenvalue weighted by Gasteiger charge is 2.50. The minimum atomic E-state index is -3.09. The lowest BCUT2D eigenvalue weighted by Crippen LogP contribution is -2.66. The molecule has 1 aliphatic rings. The van der Waals surface area contributed by atoms with Crippen LogP contribution in [0, 0.1) is 11.6 Å². The molecule has 7 nitrogen and oxygen atoms in total. The minimum Gasteiger partial charge on any atom is -0.403 e. The molecule has 2 heterocycles. The minimum absolute atomic E-state index is 0.0570. The summed E-state index contributed by atoms with van der Waals surface area (Å²) in [5.74, 6) is -3.58. The monoisotopic (exact) mass is 677 g/mol. The van der Waals surface area contributed by atoms with Crippen LogP contribution in [0.15, 0.2) is 72.1 Å². The van der Waals surface area contributed by atoms with Crippen molar-refractivity contribution in [2.75, 3.05) is 32.1 Å². The number of ketones is 1. The van der Waals surface area contributed by atoms with E-state index in [1.54, 1.807) is 19.0 Å². The quantitative estimate of drug-likeness (QED) is 0.159. The molecule has 1 fully saturated rings. The largest absolute Gasteiger partial charge is 0.403 e. The predicted octanol–water partition coefficient (Wildman–Crippen LogP) is 6.04. The van der Waals surface area contributed by atoms with Gasteiger partial charge in [-0.1, -0.05) is 81.4 Å². The standard InChI is InChI=1S/C36H41F2N3O4SSi/c1-23-19-41(20-24(2)45-23)32-25(18-28(30(37)31(32)38)33(42)34-39-29(22-46-34)35(43)40(6)7)21-44-47(36(3,4)5,26-14-10-8-11-15-26)27-16-12-9-13-17-27/h8-18,22-24H,19-21H2,1-7H3/t23-,24+. The van der Waals surface area contributed by atoms with Crippen molar-refractivity contribution < 1.29 is 27.5 Å². The molecule has 0 spiro atoms. The first-order chi connectivity index (χ1) is 22.2. The fourth-order valence-electron chi connectivity index (χ4n) is 6.41. The number of hydrogen-bond donors (Lipinski definition) is 0. The average Bonchev–Trinajstić information content (AvgIpc) is 3.52. The molecule has 11 heteroatoms. The zero-order valence-electron chi connectivity index (χ0n) is 27.8. The highest BCUT2D eigenvalue weighted by atomic mass is 32.1. The molecule has 1 aliphatic heterocycles. The number of benzene rings is 3. The van der Waals surface area contributed by atoms with Gasteiger partial charge in [-0.15, -0.1) is 11.3 Å². The summed E-state index contributed by atoms with van der Waals surface area (Å²) in [5, 5.41) is 3.04. The first-order valence-corrected chi connectivity index (χ1v) is 18.4. The SMILES string of the molecule is C[C@@H]1CN(c2c(CO[Si](c3ccccc3)(c3ccccc3)C(C)(C)C)cc(C(=O)c3nc(C(=O)N(C)C)cs3)c(F)c2F)C[C@H](C)O1. The number of rotatable bonds is 9. The van der Waals surface area contributed by atoms with Gasteiger partial charge in [-0.2, -0.15) is 0 Å². The summed E-state index contributed by atoms with van der Waals surface area (Å²) in [6.07, 6.45) is -0.452. The molecular formula is C36H41F2N3O4SSi. The molecule has 248 valence electrons. The molecule has 0 bridgehead atoms. The van der Waals surface area contributed by atoms with Crippen LogP contribution in [0.1, 0.15) is 66.0 Å². The van der Waals surface area contributed by atoms with Crippen molar-refractivity contribution >= 4 is 47.4 Å². The van der Waals surface area contributed by atoms with Gasteiger partial charge in [-0.05, 0) is 35.3 Å². The third-order valence-electron chi connectivity index (χ3n) is 8.42. The van der Waals surface area contributed by atoms with E-state index in [-0.39, 0.29) is 40.2 Å². The lowest BCUT2D eigenvalue weighted by atomic mass is 10.0. The van der Waals surface area contributed by atoms with Crippen molar-refractivity contribution in [1.29, 1.82) is 0 Å². The van der Waals surface area contributed by atoms with E-state index in [1.807, 2.05) is 50.2 Å². The first-order valence-electron chi connectivity index (χ1n) is 15.6. The zero-order valence-corrected chi connectivity index (χ0v) is 29.7. The Hall–Kier alpha value is -3.77. The van der Waals surface area contributed by atoms with Crippen molar-refractivity contribution in [3.8, 4) is 0 Å². The van der Waals surface area contributed by atoms with Gasteiger partial charge in [0.1, 0.15) is 5.69 Å². The summed E-state index contributed by atoms with van der Waals surface area (Å²) in [6.45, 7) is 10.8. The molecule has 1 aromatic heterocycles. The van der Waals surface area contributed by atoms with Crippen LogP contribution in [0.25, 0.3) is 0 Å². The van der Waals surface area contributed by atoms with Crippen molar-refractivity contribution in [3.05, 3.63) is 106 Å². The molecule has 0 unspecified atom stereocenters. The molecule has 0 radical (unpaired) electrons. The summed E-state index contributed by atoms with van der Waals surface area (Å²) < 4.78 is 45.5. The molecular weight excluding hydrogens is 637 g/mol. The summed E-state index contributed by atoms with van der Waals surface area (Å²) in [6, 6.07) is 21.5. The number of nitrogens with zero attached hydrogens (tertiary/aromatic N) is 3. The third kappa shape index (κ3) is 6.80. The van der Waals surface area contributed by atoms with Gasteiger partial charge in [0.05, 0.1) is 30.1 Å². The first kappa shape index (κ1) is 34.6. The molecule has 0 N–H and O–H groups in total. The molecule has 0 aliphatic carbocycles. The highest BCUT2D eigenvalue weighted by molar-refractivity contribution is 7.12. The number of carbonyl (C=O) groups is 2. The van der Waals surface area contributed by atoms with Crippen LogP contribution < -0.4 is 15.3 Å². The highest BCUT2D eigenvalue weighted by Crippen LogP contribution is 2.39.